The Hall–Kier alpha value is -3.36. The molecule has 156 valence electrons. The number of imidazole rings is 1. The summed E-state index contributed by atoms with van der Waals surface area (Å²) in [6.07, 6.45) is 7.65. The minimum absolute atomic E-state index is 0.0736. The smallest absolute Gasteiger partial charge is 0.358 e. The van der Waals surface area contributed by atoms with Gasteiger partial charge in [0.05, 0.1) is 30.4 Å². The monoisotopic (exact) mass is 408 g/mol. The van der Waals surface area contributed by atoms with Crippen molar-refractivity contribution in [3.05, 3.63) is 47.8 Å². The van der Waals surface area contributed by atoms with Gasteiger partial charge in [0.1, 0.15) is 5.82 Å². The van der Waals surface area contributed by atoms with Crippen molar-refractivity contribution in [2.45, 2.75) is 32.9 Å². The third-order valence-corrected chi connectivity index (χ3v) is 5.78. The molecule has 30 heavy (non-hydrogen) atoms. The highest BCUT2D eigenvalue weighted by molar-refractivity contribution is 6.01. The van der Waals surface area contributed by atoms with Crippen molar-refractivity contribution in [1.82, 2.24) is 24.1 Å². The summed E-state index contributed by atoms with van der Waals surface area (Å²) >= 11 is 0. The Bertz CT molecular complexity index is 1110. The van der Waals surface area contributed by atoms with Crippen LogP contribution in [0.2, 0.25) is 0 Å². The summed E-state index contributed by atoms with van der Waals surface area (Å²) in [6, 6.07) is 4.10. The molecule has 0 unspecified atom stereocenters. The Labute approximate surface area is 173 Å². The highest BCUT2D eigenvalue weighted by Crippen LogP contribution is 2.25. The van der Waals surface area contributed by atoms with Crippen molar-refractivity contribution >= 4 is 23.1 Å². The van der Waals surface area contributed by atoms with Gasteiger partial charge in [-0.2, -0.15) is 5.10 Å². The Morgan fingerprint density at radius 1 is 1.17 bits per heavy atom. The molecule has 9 heteroatoms. The van der Waals surface area contributed by atoms with Crippen LogP contribution in [0.1, 0.15) is 46.4 Å². The fourth-order valence-corrected chi connectivity index (χ4v) is 4.21. The fourth-order valence-electron chi connectivity index (χ4n) is 4.21. The average molecular weight is 408 g/mol. The van der Waals surface area contributed by atoms with Crippen molar-refractivity contribution in [1.29, 1.82) is 0 Å². The number of nitrogens with zero attached hydrogens (tertiary/aromatic N) is 6. The standard InChI is InChI=1S/C21H24N6O3/c1-2-30-21(29)17-13-25-9-10-26(14-19(25)23-17)20(28)16-12-22-27-8-5-15(11-18(16)27)24-6-3-4-7-24/h5,8,11-13H,2-4,6-7,9-10,14H2,1H3. The Kier molecular flexibility index (Phi) is 4.65. The zero-order valence-electron chi connectivity index (χ0n) is 17.0. The summed E-state index contributed by atoms with van der Waals surface area (Å²) < 4.78 is 8.69. The van der Waals surface area contributed by atoms with Crippen LogP contribution in [0.5, 0.6) is 0 Å². The summed E-state index contributed by atoms with van der Waals surface area (Å²) in [5.74, 6) is 0.178. The average Bonchev–Trinajstić information content (AvgIpc) is 3.51. The molecule has 9 nitrogen and oxygen atoms in total. The minimum atomic E-state index is -0.436. The lowest BCUT2D eigenvalue weighted by molar-refractivity contribution is 0.0519. The van der Waals surface area contributed by atoms with Gasteiger partial charge in [0.15, 0.2) is 5.69 Å². The number of ether oxygens (including phenoxy) is 1. The molecular formula is C21H24N6O3. The molecule has 3 aromatic rings. The van der Waals surface area contributed by atoms with Gasteiger partial charge in [0.25, 0.3) is 5.91 Å². The van der Waals surface area contributed by atoms with Gasteiger partial charge in [0.2, 0.25) is 0 Å². The molecule has 0 saturated carbocycles. The molecule has 0 atom stereocenters. The van der Waals surface area contributed by atoms with E-state index < -0.39 is 5.97 Å². The molecule has 0 spiro atoms. The van der Waals surface area contributed by atoms with Crippen LogP contribution >= 0.6 is 0 Å². The van der Waals surface area contributed by atoms with E-state index in [0.717, 1.165) is 24.3 Å². The summed E-state index contributed by atoms with van der Waals surface area (Å²) in [5, 5.41) is 4.36. The van der Waals surface area contributed by atoms with E-state index in [1.807, 2.05) is 16.8 Å². The number of pyridine rings is 1. The second-order valence-electron chi connectivity index (χ2n) is 7.65. The Morgan fingerprint density at radius 3 is 2.80 bits per heavy atom. The maximum Gasteiger partial charge on any atom is 0.358 e. The van der Waals surface area contributed by atoms with E-state index in [1.54, 1.807) is 28.7 Å². The van der Waals surface area contributed by atoms with Crippen molar-refractivity contribution in [3.63, 3.8) is 0 Å². The molecule has 5 heterocycles. The highest BCUT2D eigenvalue weighted by Gasteiger charge is 2.27. The Balaban J connectivity index is 1.39. The zero-order valence-corrected chi connectivity index (χ0v) is 17.0. The SMILES string of the molecule is CCOC(=O)c1cn2c(n1)CN(C(=O)c1cnn3ccc(N4CCCC4)cc13)CC2. The van der Waals surface area contributed by atoms with Gasteiger partial charge < -0.3 is 19.1 Å². The summed E-state index contributed by atoms with van der Waals surface area (Å²) in [6.45, 7) is 5.65. The molecule has 1 amide bonds. The normalized spacial score (nSPS) is 16.2. The van der Waals surface area contributed by atoms with Gasteiger partial charge in [-0.3, -0.25) is 4.79 Å². The van der Waals surface area contributed by atoms with E-state index in [9.17, 15) is 9.59 Å². The lowest BCUT2D eigenvalue weighted by Crippen LogP contribution is -2.38. The maximum atomic E-state index is 13.3. The molecule has 2 aliphatic heterocycles. The second-order valence-corrected chi connectivity index (χ2v) is 7.65. The lowest BCUT2D eigenvalue weighted by atomic mass is 10.2. The first-order valence-electron chi connectivity index (χ1n) is 10.4. The van der Waals surface area contributed by atoms with Gasteiger partial charge in [0, 0.05) is 44.3 Å². The van der Waals surface area contributed by atoms with E-state index in [-0.39, 0.29) is 11.6 Å². The fraction of sp³-hybridized carbons (Fsp3) is 0.429. The zero-order chi connectivity index (χ0) is 20.7. The minimum Gasteiger partial charge on any atom is -0.461 e. The topological polar surface area (TPSA) is 85.0 Å². The second kappa shape index (κ2) is 7.47. The molecule has 0 aliphatic carbocycles. The van der Waals surface area contributed by atoms with Crippen LogP contribution in [0.4, 0.5) is 5.69 Å². The molecule has 1 fully saturated rings. The molecule has 0 aromatic carbocycles. The summed E-state index contributed by atoms with van der Waals surface area (Å²) in [7, 11) is 0. The molecule has 1 saturated heterocycles. The van der Waals surface area contributed by atoms with Crippen molar-refractivity contribution in [2.75, 3.05) is 31.1 Å². The Morgan fingerprint density at radius 2 is 2.00 bits per heavy atom. The van der Waals surface area contributed by atoms with Crippen LogP contribution in [0.3, 0.4) is 0 Å². The van der Waals surface area contributed by atoms with Crippen LogP contribution in [-0.2, 0) is 17.8 Å². The number of carbonyl (C=O) groups excluding carboxylic acids is 2. The van der Waals surface area contributed by atoms with Crippen LogP contribution in [-0.4, -0.2) is 62.2 Å². The van der Waals surface area contributed by atoms with E-state index in [2.05, 4.69) is 21.0 Å². The van der Waals surface area contributed by atoms with Crippen LogP contribution < -0.4 is 4.90 Å². The highest BCUT2D eigenvalue weighted by atomic mass is 16.5. The maximum absolute atomic E-state index is 13.3. The molecule has 3 aromatic heterocycles. The lowest BCUT2D eigenvalue weighted by Gasteiger charge is -2.27. The van der Waals surface area contributed by atoms with Gasteiger partial charge in [-0.1, -0.05) is 0 Å². The predicted octanol–water partition coefficient (Wildman–Crippen LogP) is 1.96. The van der Waals surface area contributed by atoms with E-state index >= 15 is 0 Å². The summed E-state index contributed by atoms with van der Waals surface area (Å²) in [4.78, 5) is 33.7. The molecule has 5 rings (SSSR count). The largest absolute Gasteiger partial charge is 0.461 e. The van der Waals surface area contributed by atoms with E-state index in [1.165, 1.54) is 12.8 Å². The quantitative estimate of drug-likeness (QED) is 0.614. The van der Waals surface area contributed by atoms with E-state index in [0.29, 0.717) is 37.6 Å². The molecule has 0 radical (unpaired) electrons. The third-order valence-electron chi connectivity index (χ3n) is 5.78. The number of anilines is 1. The van der Waals surface area contributed by atoms with Gasteiger partial charge >= 0.3 is 5.97 Å². The number of amides is 1. The van der Waals surface area contributed by atoms with Gasteiger partial charge in [-0.05, 0) is 31.9 Å². The first-order chi connectivity index (χ1) is 14.6. The van der Waals surface area contributed by atoms with Crippen molar-refractivity contribution in [3.8, 4) is 0 Å². The molecule has 0 bridgehead atoms. The number of fused-ring (bicyclic) bond motifs is 2. The molecule has 2 aliphatic rings. The number of hydrogen-bond acceptors (Lipinski definition) is 6. The van der Waals surface area contributed by atoms with Crippen LogP contribution in [0.25, 0.3) is 5.52 Å². The number of esters is 1. The van der Waals surface area contributed by atoms with Crippen molar-refractivity contribution < 1.29 is 14.3 Å². The summed E-state index contributed by atoms with van der Waals surface area (Å²) in [5.41, 5.74) is 2.81. The number of carbonyl (C=O) groups is 2. The number of hydrogen-bond donors (Lipinski definition) is 0. The molecular weight excluding hydrogens is 384 g/mol. The number of aromatic nitrogens is 4. The van der Waals surface area contributed by atoms with Gasteiger partial charge in [-0.25, -0.2) is 14.3 Å². The third kappa shape index (κ3) is 3.20. The number of rotatable bonds is 4. The van der Waals surface area contributed by atoms with Crippen LogP contribution in [0.15, 0.2) is 30.7 Å². The van der Waals surface area contributed by atoms with Crippen molar-refractivity contribution in [2.24, 2.45) is 0 Å². The molecule has 0 N–H and O–H groups in total. The van der Waals surface area contributed by atoms with E-state index in [4.69, 9.17) is 4.74 Å². The predicted molar refractivity (Wildman–Crippen MR) is 110 cm³/mol. The van der Waals surface area contributed by atoms with Crippen LogP contribution in [0, 0.1) is 0 Å². The first kappa shape index (κ1) is 18.7. The van der Waals surface area contributed by atoms with Gasteiger partial charge in [-0.15, -0.1) is 0 Å². The first-order valence-corrected chi connectivity index (χ1v) is 10.4.